The van der Waals surface area contributed by atoms with Crippen LogP contribution in [-0.4, -0.2) is 42.6 Å². The van der Waals surface area contributed by atoms with Crippen molar-refractivity contribution >= 4 is 21.5 Å². The maximum atomic E-state index is 13.0. The molecule has 1 aliphatic rings. The van der Waals surface area contributed by atoms with Crippen molar-refractivity contribution < 1.29 is 13.2 Å². The molecule has 0 amide bonds. The summed E-state index contributed by atoms with van der Waals surface area (Å²) >= 11 is 0. The molecule has 1 N–H and O–H groups in total. The summed E-state index contributed by atoms with van der Waals surface area (Å²) in [7, 11) is -3.50. The molecule has 1 aromatic heterocycles. The molecule has 1 fully saturated rings. The standard InChI is InChI=1S/C23H26N4O3S/c1-3-30-21-9-5-4-8-20(21)24-23-13-12-19(25-26-23)18-11-10-17(2)22(16-18)31(28,29)27-14-6-7-15-27/h4-5,8-13,16H,3,6-7,14-15H2,1-2H3,(H,24,26). The first-order chi connectivity index (χ1) is 15.0. The lowest BCUT2D eigenvalue weighted by atomic mass is 10.1. The van der Waals surface area contributed by atoms with Gasteiger partial charge in [0, 0.05) is 18.7 Å². The van der Waals surface area contributed by atoms with E-state index in [4.69, 9.17) is 4.74 Å². The fourth-order valence-corrected chi connectivity index (χ4v) is 5.41. The van der Waals surface area contributed by atoms with Gasteiger partial charge in [0.05, 0.1) is 22.9 Å². The number of sulfonamides is 1. The number of aromatic nitrogens is 2. The summed E-state index contributed by atoms with van der Waals surface area (Å²) < 4.78 is 33.3. The first-order valence-electron chi connectivity index (χ1n) is 10.4. The fourth-order valence-electron chi connectivity index (χ4n) is 3.65. The number of anilines is 2. The number of nitrogens with one attached hydrogen (secondary N) is 1. The zero-order valence-electron chi connectivity index (χ0n) is 17.7. The van der Waals surface area contributed by atoms with Crippen molar-refractivity contribution in [1.82, 2.24) is 14.5 Å². The van der Waals surface area contributed by atoms with Gasteiger partial charge in [-0.2, -0.15) is 4.31 Å². The highest BCUT2D eigenvalue weighted by molar-refractivity contribution is 7.89. The number of nitrogens with zero attached hydrogens (tertiary/aromatic N) is 3. The molecule has 2 heterocycles. The smallest absolute Gasteiger partial charge is 0.243 e. The molecule has 2 aromatic carbocycles. The van der Waals surface area contributed by atoms with E-state index in [0.29, 0.717) is 36.1 Å². The summed E-state index contributed by atoms with van der Waals surface area (Å²) in [5.41, 5.74) is 2.87. The van der Waals surface area contributed by atoms with Gasteiger partial charge in [-0.1, -0.05) is 24.3 Å². The van der Waals surface area contributed by atoms with Crippen LogP contribution in [-0.2, 0) is 10.0 Å². The van der Waals surface area contributed by atoms with Gasteiger partial charge < -0.3 is 10.1 Å². The second-order valence-corrected chi connectivity index (χ2v) is 9.36. The Kier molecular flexibility index (Phi) is 6.20. The minimum Gasteiger partial charge on any atom is -0.492 e. The van der Waals surface area contributed by atoms with E-state index in [-0.39, 0.29) is 0 Å². The Hall–Kier alpha value is -2.97. The van der Waals surface area contributed by atoms with Crippen molar-refractivity contribution in [3.63, 3.8) is 0 Å². The zero-order valence-corrected chi connectivity index (χ0v) is 18.5. The summed E-state index contributed by atoms with van der Waals surface area (Å²) in [6.07, 6.45) is 1.81. The quantitative estimate of drug-likeness (QED) is 0.589. The molecular weight excluding hydrogens is 412 g/mol. The van der Waals surface area contributed by atoms with Crippen molar-refractivity contribution in [2.75, 3.05) is 25.0 Å². The van der Waals surface area contributed by atoms with E-state index in [1.807, 2.05) is 62.4 Å². The maximum Gasteiger partial charge on any atom is 0.243 e. The molecule has 0 bridgehead atoms. The van der Waals surface area contributed by atoms with Crippen LogP contribution in [0.1, 0.15) is 25.3 Å². The van der Waals surface area contributed by atoms with Crippen molar-refractivity contribution in [3.8, 4) is 17.0 Å². The van der Waals surface area contributed by atoms with Gasteiger partial charge in [0.2, 0.25) is 10.0 Å². The van der Waals surface area contributed by atoms with E-state index in [9.17, 15) is 8.42 Å². The van der Waals surface area contributed by atoms with Gasteiger partial charge in [-0.25, -0.2) is 8.42 Å². The number of aryl methyl sites for hydroxylation is 1. The Balaban J connectivity index is 1.59. The van der Waals surface area contributed by atoms with Gasteiger partial charge >= 0.3 is 0 Å². The van der Waals surface area contributed by atoms with E-state index < -0.39 is 10.0 Å². The Bertz CT molecular complexity index is 1160. The lowest BCUT2D eigenvalue weighted by Gasteiger charge is -2.18. The molecule has 7 nitrogen and oxygen atoms in total. The van der Waals surface area contributed by atoms with Crippen molar-refractivity contribution in [1.29, 1.82) is 0 Å². The lowest BCUT2D eigenvalue weighted by Crippen LogP contribution is -2.28. The minimum atomic E-state index is -3.50. The fraction of sp³-hybridized carbons (Fsp3) is 0.304. The summed E-state index contributed by atoms with van der Waals surface area (Å²) in [5.74, 6) is 1.32. The van der Waals surface area contributed by atoms with E-state index in [2.05, 4.69) is 15.5 Å². The summed E-state index contributed by atoms with van der Waals surface area (Å²) in [6, 6.07) is 16.7. The molecule has 0 atom stereocenters. The van der Waals surface area contributed by atoms with Crippen molar-refractivity contribution in [2.24, 2.45) is 0 Å². The van der Waals surface area contributed by atoms with E-state index in [0.717, 1.165) is 35.4 Å². The average Bonchev–Trinajstić information content (AvgIpc) is 3.32. The third kappa shape index (κ3) is 4.55. The Labute approximate surface area is 183 Å². The van der Waals surface area contributed by atoms with Crippen LogP contribution in [0.5, 0.6) is 5.75 Å². The summed E-state index contributed by atoms with van der Waals surface area (Å²) in [5, 5.41) is 11.8. The Morgan fingerprint density at radius 3 is 2.52 bits per heavy atom. The zero-order chi connectivity index (χ0) is 21.8. The molecule has 4 rings (SSSR count). The molecule has 0 spiro atoms. The summed E-state index contributed by atoms with van der Waals surface area (Å²) in [4.78, 5) is 0.335. The number of hydrogen-bond acceptors (Lipinski definition) is 6. The predicted molar refractivity (Wildman–Crippen MR) is 121 cm³/mol. The van der Waals surface area contributed by atoms with Gasteiger partial charge in [-0.3, -0.25) is 0 Å². The molecule has 0 saturated carbocycles. The van der Waals surface area contributed by atoms with Gasteiger partial charge in [0.15, 0.2) is 5.82 Å². The van der Waals surface area contributed by atoms with E-state index >= 15 is 0 Å². The van der Waals surface area contributed by atoms with Crippen molar-refractivity contribution in [3.05, 3.63) is 60.2 Å². The van der Waals surface area contributed by atoms with Crippen LogP contribution in [0.15, 0.2) is 59.5 Å². The van der Waals surface area contributed by atoms with E-state index in [1.165, 1.54) is 0 Å². The molecular formula is C23H26N4O3S. The minimum absolute atomic E-state index is 0.335. The molecule has 162 valence electrons. The molecule has 0 unspecified atom stereocenters. The number of rotatable bonds is 7. The number of ether oxygens (including phenoxy) is 1. The average molecular weight is 439 g/mol. The highest BCUT2D eigenvalue weighted by Crippen LogP contribution is 2.29. The predicted octanol–water partition coefficient (Wildman–Crippen LogP) is 4.38. The molecule has 0 radical (unpaired) electrons. The molecule has 1 saturated heterocycles. The van der Waals surface area contributed by atoms with Crippen LogP contribution >= 0.6 is 0 Å². The van der Waals surface area contributed by atoms with Crippen LogP contribution in [0, 0.1) is 6.92 Å². The number of para-hydroxylation sites is 2. The van der Waals surface area contributed by atoms with Crippen LogP contribution in [0.3, 0.4) is 0 Å². The Morgan fingerprint density at radius 2 is 1.81 bits per heavy atom. The van der Waals surface area contributed by atoms with Crippen LogP contribution in [0.4, 0.5) is 11.5 Å². The largest absolute Gasteiger partial charge is 0.492 e. The molecule has 3 aromatic rings. The van der Waals surface area contributed by atoms with Crippen LogP contribution < -0.4 is 10.1 Å². The van der Waals surface area contributed by atoms with Crippen LogP contribution in [0.2, 0.25) is 0 Å². The normalized spacial score (nSPS) is 14.5. The second-order valence-electron chi connectivity index (χ2n) is 7.45. The van der Waals surface area contributed by atoms with Gasteiger partial charge in [-0.05, 0) is 62.6 Å². The molecule has 8 heteroatoms. The molecule has 31 heavy (non-hydrogen) atoms. The van der Waals surface area contributed by atoms with Gasteiger partial charge in [0.1, 0.15) is 5.75 Å². The lowest BCUT2D eigenvalue weighted by molar-refractivity contribution is 0.342. The third-order valence-electron chi connectivity index (χ3n) is 5.28. The number of benzene rings is 2. The topological polar surface area (TPSA) is 84.4 Å². The van der Waals surface area contributed by atoms with Crippen molar-refractivity contribution in [2.45, 2.75) is 31.6 Å². The highest BCUT2D eigenvalue weighted by Gasteiger charge is 2.28. The first-order valence-corrected chi connectivity index (χ1v) is 11.9. The maximum absolute atomic E-state index is 13.0. The number of hydrogen-bond donors (Lipinski definition) is 1. The van der Waals surface area contributed by atoms with Crippen LogP contribution in [0.25, 0.3) is 11.3 Å². The third-order valence-corrected chi connectivity index (χ3v) is 7.32. The summed E-state index contributed by atoms with van der Waals surface area (Å²) in [6.45, 7) is 5.48. The van der Waals surface area contributed by atoms with Gasteiger partial charge in [0.25, 0.3) is 0 Å². The van der Waals surface area contributed by atoms with E-state index in [1.54, 1.807) is 10.4 Å². The molecule has 1 aliphatic heterocycles. The van der Waals surface area contributed by atoms with Gasteiger partial charge in [-0.15, -0.1) is 10.2 Å². The second kappa shape index (κ2) is 9.03. The highest BCUT2D eigenvalue weighted by atomic mass is 32.2. The first kappa shape index (κ1) is 21.3. The Morgan fingerprint density at radius 1 is 1.03 bits per heavy atom. The molecule has 0 aliphatic carbocycles. The monoisotopic (exact) mass is 438 g/mol. The SMILES string of the molecule is CCOc1ccccc1Nc1ccc(-c2ccc(C)c(S(=O)(=O)N3CCCC3)c2)nn1.